The van der Waals surface area contributed by atoms with Gasteiger partial charge in [0.05, 0.1) is 6.61 Å². The summed E-state index contributed by atoms with van der Waals surface area (Å²) < 4.78 is 0. The fraction of sp³-hybridized carbons (Fsp3) is 0.778. The van der Waals surface area contributed by atoms with Crippen LogP contribution in [-0.2, 0) is 0 Å². The zero-order chi connectivity index (χ0) is 8.10. The van der Waals surface area contributed by atoms with Crippen molar-refractivity contribution in [1.82, 2.24) is 0 Å². The Balaban J connectivity index is 2.19. The molecule has 1 atom stereocenters. The van der Waals surface area contributed by atoms with Gasteiger partial charge in [0.2, 0.25) is 0 Å². The van der Waals surface area contributed by atoms with Crippen molar-refractivity contribution in [3.05, 3.63) is 12.2 Å². The topological polar surface area (TPSA) is 20.2 Å². The predicted molar refractivity (Wildman–Crippen MR) is 50.9 cm³/mol. The SMILES string of the molecule is C=C(CO)CC1CCCSC1. The molecule has 0 aromatic heterocycles. The van der Waals surface area contributed by atoms with E-state index in [0.29, 0.717) is 0 Å². The van der Waals surface area contributed by atoms with E-state index in [1.165, 1.54) is 24.3 Å². The summed E-state index contributed by atoms with van der Waals surface area (Å²) in [5, 5.41) is 8.76. The molecule has 0 amide bonds. The summed E-state index contributed by atoms with van der Waals surface area (Å²) >= 11 is 2.03. The minimum absolute atomic E-state index is 0.168. The fourth-order valence-electron chi connectivity index (χ4n) is 1.44. The molecule has 0 aliphatic carbocycles. The van der Waals surface area contributed by atoms with Crippen LogP contribution in [-0.4, -0.2) is 23.2 Å². The Labute approximate surface area is 72.9 Å². The second-order valence-electron chi connectivity index (χ2n) is 3.20. The Morgan fingerprint density at radius 1 is 1.64 bits per heavy atom. The summed E-state index contributed by atoms with van der Waals surface area (Å²) in [5.74, 6) is 3.37. The van der Waals surface area contributed by atoms with Crippen LogP contribution in [0.3, 0.4) is 0 Å². The first-order valence-corrected chi connectivity index (χ1v) is 5.33. The van der Waals surface area contributed by atoms with Crippen LogP contribution in [0, 0.1) is 5.92 Å². The van der Waals surface area contributed by atoms with Gasteiger partial charge in [0.25, 0.3) is 0 Å². The number of hydrogen-bond acceptors (Lipinski definition) is 2. The molecule has 1 unspecified atom stereocenters. The van der Waals surface area contributed by atoms with E-state index < -0.39 is 0 Å². The molecule has 1 heterocycles. The summed E-state index contributed by atoms with van der Waals surface area (Å²) in [5.41, 5.74) is 0.998. The van der Waals surface area contributed by atoms with Gasteiger partial charge in [-0.05, 0) is 36.7 Å². The van der Waals surface area contributed by atoms with E-state index in [-0.39, 0.29) is 6.61 Å². The van der Waals surface area contributed by atoms with E-state index in [4.69, 9.17) is 5.11 Å². The number of rotatable bonds is 3. The summed E-state index contributed by atoms with van der Waals surface area (Å²) in [6, 6.07) is 0. The molecule has 0 spiro atoms. The van der Waals surface area contributed by atoms with Crippen LogP contribution in [0.25, 0.3) is 0 Å². The van der Waals surface area contributed by atoms with Crippen molar-refractivity contribution in [1.29, 1.82) is 0 Å². The van der Waals surface area contributed by atoms with E-state index in [2.05, 4.69) is 6.58 Å². The van der Waals surface area contributed by atoms with E-state index in [1.54, 1.807) is 0 Å². The minimum Gasteiger partial charge on any atom is -0.392 e. The lowest BCUT2D eigenvalue weighted by molar-refractivity contribution is 0.320. The highest BCUT2D eigenvalue weighted by atomic mass is 32.2. The van der Waals surface area contributed by atoms with E-state index in [1.807, 2.05) is 11.8 Å². The average molecular weight is 172 g/mol. The molecule has 1 aliphatic heterocycles. The van der Waals surface area contributed by atoms with Crippen LogP contribution in [0.4, 0.5) is 0 Å². The standard InChI is InChI=1S/C9H16OS/c1-8(6-10)5-9-3-2-4-11-7-9/h9-10H,1-7H2. The van der Waals surface area contributed by atoms with Crippen LogP contribution in [0.15, 0.2) is 12.2 Å². The van der Waals surface area contributed by atoms with Gasteiger partial charge >= 0.3 is 0 Å². The Morgan fingerprint density at radius 2 is 2.45 bits per heavy atom. The first kappa shape index (κ1) is 9.14. The van der Waals surface area contributed by atoms with Gasteiger partial charge in [0, 0.05) is 0 Å². The monoisotopic (exact) mass is 172 g/mol. The highest BCUT2D eigenvalue weighted by molar-refractivity contribution is 7.99. The van der Waals surface area contributed by atoms with Gasteiger partial charge in [-0.15, -0.1) is 0 Å². The zero-order valence-corrected chi connectivity index (χ0v) is 7.70. The molecule has 1 rings (SSSR count). The van der Waals surface area contributed by atoms with Crippen molar-refractivity contribution in [3.8, 4) is 0 Å². The molecule has 0 saturated carbocycles. The van der Waals surface area contributed by atoms with Crippen LogP contribution >= 0.6 is 11.8 Å². The predicted octanol–water partition coefficient (Wildman–Crippen LogP) is 2.07. The third-order valence-electron chi connectivity index (χ3n) is 2.06. The van der Waals surface area contributed by atoms with Crippen molar-refractivity contribution >= 4 is 11.8 Å². The Morgan fingerprint density at radius 3 is 3.00 bits per heavy atom. The van der Waals surface area contributed by atoms with Crippen molar-refractivity contribution in [2.75, 3.05) is 18.1 Å². The Bertz CT molecular complexity index is 128. The van der Waals surface area contributed by atoms with Gasteiger partial charge < -0.3 is 5.11 Å². The normalized spacial score (nSPS) is 25.0. The fourth-order valence-corrected chi connectivity index (χ4v) is 2.60. The first-order valence-electron chi connectivity index (χ1n) is 4.18. The third-order valence-corrected chi connectivity index (χ3v) is 3.34. The Hall–Kier alpha value is 0.0500. The molecule has 0 bridgehead atoms. The van der Waals surface area contributed by atoms with E-state index in [0.717, 1.165) is 17.9 Å². The third kappa shape index (κ3) is 3.30. The van der Waals surface area contributed by atoms with Gasteiger partial charge in [0.1, 0.15) is 0 Å². The molecule has 2 heteroatoms. The van der Waals surface area contributed by atoms with Crippen molar-refractivity contribution in [3.63, 3.8) is 0 Å². The largest absolute Gasteiger partial charge is 0.392 e. The van der Waals surface area contributed by atoms with Gasteiger partial charge in [-0.3, -0.25) is 0 Å². The quantitative estimate of drug-likeness (QED) is 0.658. The molecule has 1 saturated heterocycles. The van der Waals surface area contributed by atoms with Gasteiger partial charge in [0.15, 0.2) is 0 Å². The lowest BCUT2D eigenvalue weighted by atomic mass is 9.97. The molecule has 0 radical (unpaired) electrons. The smallest absolute Gasteiger partial charge is 0.0639 e. The molecule has 64 valence electrons. The molecule has 0 aromatic carbocycles. The van der Waals surface area contributed by atoms with Crippen LogP contribution in [0.5, 0.6) is 0 Å². The number of aliphatic hydroxyl groups excluding tert-OH is 1. The Kier molecular flexibility index (Phi) is 4.02. The number of hydrogen-bond donors (Lipinski definition) is 1. The highest BCUT2D eigenvalue weighted by Crippen LogP contribution is 2.26. The van der Waals surface area contributed by atoms with Crippen molar-refractivity contribution < 1.29 is 5.11 Å². The number of thioether (sulfide) groups is 1. The second kappa shape index (κ2) is 4.83. The van der Waals surface area contributed by atoms with Gasteiger partial charge in [-0.2, -0.15) is 11.8 Å². The van der Waals surface area contributed by atoms with Crippen molar-refractivity contribution in [2.24, 2.45) is 5.92 Å². The van der Waals surface area contributed by atoms with Crippen molar-refractivity contribution in [2.45, 2.75) is 19.3 Å². The van der Waals surface area contributed by atoms with Crippen LogP contribution in [0.2, 0.25) is 0 Å². The molecule has 1 N–H and O–H groups in total. The van der Waals surface area contributed by atoms with Crippen LogP contribution in [0.1, 0.15) is 19.3 Å². The van der Waals surface area contributed by atoms with E-state index >= 15 is 0 Å². The zero-order valence-electron chi connectivity index (χ0n) is 6.88. The molecular formula is C9H16OS. The second-order valence-corrected chi connectivity index (χ2v) is 4.35. The minimum atomic E-state index is 0.168. The lowest BCUT2D eigenvalue weighted by Gasteiger charge is -2.21. The first-order chi connectivity index (χ1) is 5.33. The molecular weight excluding hydrogens is 156 g/mol. The summed E-state index contributed by atoms with van der Waals surface area (Å²) in [4.78, 5) is 0. The summed E-state index contributed by atoms with van der Waals surface area (Å²) in [7, 11) is 0. The molecule has 1 fully saturated rings. The maximum atomic E-state index is 8.76. The molecule has 1 nitrogen and oxygen atoms in total. The maximum Gasteiger partial charge on any atom is 0.0639 e. The summed E-state index contributed by atoms with van der Waals surface area (Å²) in [6.45, 7) is 3.98. The van der Waals surface area contributed by atoms with E-state index in [9.17, 15) is 0 Å². The van der Waals surface area contributed by atoms with Gasteiger partial charge in [-0.1, -0.05) is 12.2 Å². The average Bonchev–Trinajstić information content (AvgIpc) is 2.06. The number of aliphatic hydroxyl groups is 1. The highest BCUT2D eigenvalue weighted by Gasteiger charge is 2.13. The van der Waals surface area contributed by atoms with Gasteiger partial charge in [-0.25, -0.2) is 0 Å². The molecule has 11 heavy (non-hydrogen) atoms. The maximum absolute atomic E-state index is 8.76. The van der Waals surface area contributed by atoms with Crippen LogP contribution < -0.4 is 0 Å². The molecule has 0 aromatic rings. The summed E-state index contributed by atoms with van der Waals surface area (Å²) in [6.07, 6.45) is 3.70. The lowest BCUT2D eigenvalue weighted by Crippen LogP contribution is -2.11. The molecule has 1 aliphatic rings.